The second kappa shape index (κ2) is 7.18. The van der Waals surface area contributed by atoms with Crippen molar-refractivity contribution in [3.05, 3.63) is 71.3 Å². The zero-order chi connectivity index (χ0) is 19.7. The lowest BCUT2D eigenvalue weighted by atomic mass is 10.0. The molecule has 3 aromatic rings. The molecule has 1 aromatic carbocycles. The van der Waals surface area contributed by atoms with Crippen molar-refractivity contribution < 1.29 is 8.78 Å². The van der Waals surface area contributed by atoms with Crippen LogP contribution in [0.5, 0.6) is 0 Å². The molecule has 0 saturated carbocycles. The summed E-state index contributed by atoms with van der Waals surface area (Å²) in [6, 6.07) is 7.68. The van der Waals surface area contributed by atoms with Crippen LogP contribution in [0.15, 0.2) is 47.7 Å². The molecule has 0 atom stereocenters. The first-order valence-electron chi connectivity index (χ1n) is 8.66. The van der Waals surface area contributed by atoms with E-state index in [4.69, 9.17) is 0 Å². The fourth-order valence-corrected chi connectivity index (χ4v) is 2.83. The van der Waals surface area contributed by atoms with Gasteiger partial charge < -0.3 is 0 Å². The molecular formula is C19H17F2N7. The Morgan fingerprint density at radius 2 is 1.86 bits per heavy atom. The highest BCUT2D eigenvalue weighted by atomic mass is 19.1. The van der Waals surface area contributed by atoms with Gasteiger partial charge in [-0.25, -0.2) is 18.8 Å². The van der Waals surface area contributed by atoms with Gasteiger partial charge in [0.25, 0.3) is 5.95 Å². The predicted molar refractivity (Wildman–Crippen MR) is 102 cm³/mol. The fraction of sp³-hybridized carbons (Fsp3) is 0.158. The van der Waals surface area contributed by atoms with E-state index >= 15 is 0 Å². The lowest BCUT2D eigenvalue weighted by Gasteiger charge is -2.28. The average molecular weight is 381 g/mol. The van der Waals surface area contributed by atoms with E-state index in [2.05, 4.69) is 30.6 Å². The number of aromatic amines is 1. The fourth-order valence-electron chi connectivity index (χ4n) is 2.83. The van der Waals surface area contributed by atoms with Crippen LogP contribution in [0.1, 0.15) is 36.7 Å². The van der Waals surface area contributed by atoms with Crippen molar-refractivity contribution in [1.82, 2.24) is 25.6 Å². The van der Waals surface area contributed by atoms with Gasteiger partial charge in [0.15, 0.2) is 5.82 Å². The molecule has 0 bridgehead atoms. The molecule has 4 rings (SSSR count). The summed E-state index contributed by atoms with van der Waals surface area (Å²) in [4.78, 5) is 12.5. The van der Waals surface area contributed by atoms with Crippen LogP contribution in [0.3, 0.4) is 0 Å². The number of halogens is 2. The third kappa shape index (κ3) is 3.11. The third-order valence-corrected chi connectivity index (χ3v) is 4.22. The van der Waals surface area contributed by atoms with Crippen LogP contribution in [-0.2, 0) is 0 Å². The Morgan fingerprint density at radius 3 is 2.57 bits per heavy atom. The first kappa shape index (κ1) is 17.8. The Morgan fingerprint density at radius 1 is 1.04 bits per heavy atom. The molecule has 3 heterocycles. The van der Waals surface area contributed by atoms with Gasteiger partial charge in [0, 0.05) is 23.2 Å². The monoisotopic (exact) mass is 381 g/mol. The number of aliphatic imine (C=N–C) groups is 1. The Balaban J connectivity index is 1.95. The van der Waals surface area contributed by atoms with E-state index in [0.29, 0.717) is 5.82 Å². The van der Waals surface area contributed by atoms with E-state index in [0.717, 1.165) is 6.20 Å². The molecule has 1 aliphatic heterocycles. The van der Waals surface area contributed by atoms with Crippen LogP contribution < -0.4 is 10.4 Å². The molecule has 0 spiro atoms. The Bertz CT molecular complexity index is 1070. The minimum atomic E-state index is -0.574. The zero-order valence-corrected chi connectivity index (χ0v) is 15.2. The smallest absolute Gasteiger partial charge is 0.268 e. The molecule has 28 heavy (non-hydrogen) atoms. The summed E-state index contributed by atoms with van der Waals surface area (Å²) in [5, 5.41) is 8.55. The summed E-state index contributed by atoms with van der Waals surface area (Å²) in [7, 11) is 0. The highest BCUT2D eigenvalue weighted by Gasteiger charge is 2.28. The third-order valence-electron chi connectivity index (χ3n) is 4.22. The molecule has 0 fully saturated rings. The summed E-state index contributed by atoms with van der Waals surface area (Å²) >= 11 is 0. The van der Waals surface area contributed by atoms with Gasteiger partial charge in [0.05, 0.1) is 6.20 Å². The van der Waals surface area contributed by atoms with E-state index in [-0.39, 0.29) is 34.4 Å². The maximum Gasteiger partial charge on any atom is 0.268 e. The van der Waals surface area contributed by atoms with E-state index in [9.17, 15) is 8.78 Å². The first-order chi connectivity index (χ1) is 13.6. The number of H-pyrrole nitrogens is 1. The minimum Gasteiger partial charge on any atom is -0.280 e. The number of hydrogen-bond acceptors (Lipinski definition) is 6. The maximum atomic E-state index is 14.6. The number of aromatic nitrogens is 4. The van der Waals surface area contributed by atoms with Crippen molar-refractivity contribution in [3.63, 3.8) is 0 Å². The van der Waals surface area contributed by atoms with Crippen molar-refractivity contribution in [2.45, 2.75) is 19.8 Å². The number of nitrogens with zero attached hydrogens (tertiary/aromatic N) is 5. The summed E-state index contributed by atoms with van der Waals surface area (Å²) in [6.07, 6.45) is 3.93. The normalized spacial score (nSPS) is 14.0. The Labute approximate surface area is 159 Å². The standard InChI is InChI=1S/C19H17F2N7/c1-11(2)18-25-19(27-26-18)28-17(13-7-8-22-9-15(13)21)16(23-10-24-28)12-5-3-4-6-14(12)20/h3-11H,1-2H3,(H,23,24)(H,25,26,27). The molecule has 7 nitrogen and oxygen atoms in total. The Kier molecular flexibility index (Phi) is 4.56. The van der Waals surface area contributed by atoms with Gasteiger partial charge in [-0.3, -0.25) is 15.5 Å². The highest BCUT2D eigenvalue weighted by Crippen LogP contribution is 2.35. The van der Waals surface area contributed by atoms with Gasteiger partial charge >= 0.3 is 0 Å². The summed E-state index contributed by atoms with van der Waals surface area (Å²) < 4.78 is 29.2. The Hall–Kier alpha value is -3.62. The van der Waals surface area contributed by atoms with Crippen molar-refractivity contribution in [1.29, 1.82) is 0 Å². The summed E-state index contributed by atoms with van der Waals surface area (Å²) in [6.45, 7) is 3.94. The van der Waals surface area contributed by atoms with E-state index in [1.807, 2.05) is 13.8 Å². The summed E-state index contributed by atoms with van der Waals surface area (Å²) in [5.74, 6) is 0.00298. The average Bonchev–Trinajstić information content (AvgIpc) is 3.19. The van der Waals surface area contributed by atoms with Crippen LogP contribution in [0.2, 0.25) is 0 Å². The van der Waals surface area contributed by atoms with Gasteiger partial charge in [0.2, 0.25) is 0 Å². The highest BCUT2D eigenvalue weighted by molar-refractivity contribution is 6.00. The molecule has 0 radical (unpaired) electrons. The number of hydrazine groups is 1. The zero-order valence-electron chi connectivity index (χ0n) is 15.2. The number of hydrogen-bond donors (Lipinski definition) is 2. The molecule has 2 N–H and O–H groups in total. The van der Waals surface area contributed by atoms with Gasteiger partial charge in [-0.2, -0.15) is 4.98 Å². The van der Waals surface area contributed by atoms with Crippen molar-refractivity contribution in [2.75, 3.05) is 5.01 Å². The van der Waals surface area contributed by atoms with Crippen LogP contribution >= 0.6 is 0 Å². The topological polar surface area (TPSA) is 82.1 Å². The van der Waals surface area contributed by atoms with Crippen molar-refractivity contribution in [2.24, 2.45) is 4.99 Å². The van der Waals surface area contributed by atoms with E-state index < -0.39 is 11.6 Å². The predicted octanol–water partition coefficient (Wildman–Crippen LogP) is 3.48. The number of pyridine rings is 1. The van der Waals surface area contributed by atoms with Gasteiger partial charge in [0.1, 0.15) is 29.4 Å². The van der Waals surface area contributed by atoms with Gasteiger partial charge in [-0.15, -0.1) is 5.10 Å². The molecule has 9 heteroatoms. The first-order valence-corrected chi connectivity index (χ1v) is 8.66. The van der Waals surface area contributed by atoms with Crippen molar-refractivity contribution in [3.8, 4) is 0 Å². The maximum absolute atomic E-state index is 14.6. The molecule has 0 aliphatic carbocycles. The van der Waals surface area contributed by atoms with Crippen LogP contribution in [0.25, 0.3) is 11.4 Å². The van der Waals surface area contributed by atoms with Crippen LogP contribution in [0, 0.1) is 11.6 Å². The van der Waals surface area contributed by atoms with Crippen molar-refractivity contribution >= 4 is 23.7 Å². The second-order valence-electron chi connectivity index (χ2n) is 6.43. The van der Waals surface area contributed by atoms with E-state index in [1.165, 1.54) is 29.7 Å². The van der Waals surface area contributed by atoms with Crippen LogP contribution in [0.4, 0.5) is 14.7 Å². The second-order valence-corrected chi connectivity index (χ2v) is 6.43. The molecule has 1 aliphatic rings. The largest absolute Gasteiger partial charge is 0.280 e. The number of rotatable bonds is 4. The number of anilines is 1. The molecule has 0 saturated heterocycles. The number of nitrogens with one attached hydrogen (secondary N) is 2. The molecular weight excluding hydrogens is 364 g/mol. The minimum absolute atomic E-state index is 0.121. The SMILES string of the molecule is CC(C)c1nc(N2NC=NC(c3ccccc3F)=C2c2ccncc2F)n[nH]1. The summed E-state index contributed by atoms with van der Waals surface area (Å²) in [5.41, 5.74) is 3.86. The van der Waals surface area contributed by atoms with E-state index in [1.54, 1.807) is 18.2 Å². The molecule has 0 unspecified atom stereocenters. The lowest BCUT2D eigenvalue weighted by Crippen LogP contribution is -2.39. The lowest BCUT2D eigenvalue weighted by molar-refractivity contribution is 0.615. The van der Waals surface area contributed by atoms with Crippen LogP contribution in [-0.4, -0.2) is 26.5 Å². The molecule has 0 amide bonds. The molecule has 142 valence electrons. The quantitative estimate of drug-likeness (QED) is 0.723. The number of benzene rings is 1. The molecule has 2 aromatic heterocycles. The van der Waals surface area contributed by atoms with Gasteiger partial charge in [-0.1, -0.05) is 26.0 Å². The van der Waals surface area contributed by atoms with Gasteiger partial charge in [-0.05, 0) is 18.2 Å².